The number of benzene rings is 2. The van der Waals surface area contributed by atoms with Gasteiger partial charge in [0, 0.05) is 37.8 Å². The van der Waals surface area contributed by atoms with Crippen molar-refractivity contribution in [2.45, 2.75) is 0 Å². The second-order valence-electron chi connectivity index (χ2n) is 7.28. The third-order valence-corrected chi connectivity index (χ3v) is 7.23. The van der Waals surface area contributed by atoms with Crippen LogP contribution in [0.1, 0.15) is 10.4 Å². The number of hydrogen-bond acceptors (Lipinski definition) is 8. The van der Waals surface area contributed by atoms with E-state index in [1.165, 1.54) is 22.7 Å². The quantitative estimate of drug-likeness (QED) is 0.440. The Hall–Kier alpha value is -2.59. The van der Waals surface area contributed by atoms with E-state index in [9.17, 15) is 4.79 Å². The van der Waals surface area contributed by atoms with E-state index >= 15 is 0 Å². The molecule has 2 aromatic heterocycles. The number of aromatic nitrogens is 2. The first-order valence-electron chi connectivity index (χ1n) is 10.1. The predicted molar refractivity (Wildman–Crippen MR) is 125 cm³/mol. The fourth-order valence-corrected chi connectivity index (χ4v) is 5.32. The number of amides is 1. The van der Waals surface area contributed by atoms with Gasteiger partial charge in [0.15, 0.2) is 5.13 Å². The lowest BCUT2D eigenvalue weighted by Crippen LogP contribution is -2.43. The molecule has 31 heavy (non-hydrogen) atoms. The first kappa shape index (κ1) is 20.3. The molecule has 1 aliphatic rings. The molecular weight excluding hydrogens is 432 g/mol. The van der Waals surface area contributed by atoms with Crippen molar-refractivity contribution in [1.29, 1.82) is 0 Å². The molecule has 0 unspecified atom stereocenters. The second-order valence-corrected chi connectivity index (χ2v) is 9.17. The number of rotatable bonds is 6. The Balaban J connectivity index is 1.47. The average Bonchev–Trinajstić information content (AvgIpc) is 3.45. The largest absolute Gasteiger partial charge is 0.497 e. The van der Waals surface area contributed by atoms with Gasteiger partial charge in [0.2, 0.25) is 0 Å². The number of thiazole rings is 2. The standard InChI is InChI=1S/C22H22N4O3S2/c1-28-16-3-5-19-18(13-16)24-22(31-19)26(7-6-25-8-10-29-11-9-25)21(27)15-2-4-17-20(12-15)30-14-23-17/h2-5,12-14H,6-11H2,1H3. The second kappa shape index (κ2) is 8.88. The highest BCUT2D eigenvalue weighted by atomic mass is 32.1. The van der Waals surface area contributed by atoms with Gasteiger partial charge in [-0.1, -0.05) is 11.3 Å². The molecule has 0 atom stereocenters. The van der Waals surface area contributed by atoms with Crippen LogP contribution in [0.2, 0.25) is 0 Å². The maximum atomic E-state index is 13.6. The van der Waals surface area contributed by atoms with Gasteiger partial charge in [0.25, 0.3) is 5.91 Å². The third-order valence-electron chi connectivity index (χ3n) is 5.38. The van der Waals surface area contributed by atoms with Crippen LogP contribution in [0.5, 0.6) is 5.75 Å². The number of fused-ring (bicyclic) bond motifs is 2. The molecule has 0 N–H and O–H groups in total. The zero-order valence-electron chi connectivity index (χ0n) is 17.1. The smallest absolute Gasteiger partial charge is 0.260 e. The Morgan fingerprint density at radius 1 is 1.16 bits per heavy atom. The van der Waals surface area contributed by atoms with Crippen LogP contribution in [0.3, 0.4) is 0 Å². The lowest BCUT2D eigenvalue weighted by atomic mass is 10.2. The Bertz CT molecular complexity index is 1220. The number of hydrogen-bond donors (Lipinski definition) is 0. The number of nitrogens with zero attached hydrogens (tertiary/aromatic N) is 4. The van der Waals surface area contributed by atoms with Crippen LogP contribution in [0.25, 0.3) is 20.4 Å². The monoisotopic (exact) mass is 454 g/mol. The van der Waals surface area contributed by atoms with Crippen LogP contribution in [-0.2, 0) is 4.74 Å². The van der Waals surface area contributed by atoms with Crippen LogP contribution in [-0.4, -0.2) is 67.3 Å². The number of anilines is 1. The van der Waals surface area contributed by atoms with Crippen LogP contribution < -0.4 is 9.64 Å². The zero-order chi connectivity index (χ0) is 21.2. The Morgan fingerprint density at radius 2 is 2.03 bits per heavy atom. The molecule has 1 aliphatic heterocycles. The van der Waals surface area contributed by atoms with Crippen LogP contribution in [0, 0.1) is 0 Å². The van der Waals surface area contributed by atoms with Crippen molar-refractivity contribution in [2.24, 2.45) is 0 Å². The van der Waals surface area contributed by atoms with Crippen LogP contribution >= 0.6 is 22.7 Å². The zero-order valence-corrected chi connectivity index (χ0v) is 18.7. The Labute approximate surface area is 187 Å². The van der Waals surface area contributed by atoms with Crippen LogP contribution in [0.15, 0.2) is 41.9 Å². The number of methoxy groups -OCH3 is 1. The van der Waals surface area contributed by atoms with Crippen molar-refractivity contribution in [3.63, 3.8) is 0 Å². The van der Waals surface area contributed by atoms with E-state index in [0.717, 1.165) is 59.0 Å². The van der Waals surface area contributed by atoms with Crippen molar-refractivity contribution in [3.8, 4) is 5.75 Å². The molecule has 0 saturated carbocycles. The van der Waals surface area contributed by atoms with Gasteiger partial charge < -0.3 is 9.47 Å². The predicted octanol–water partition coefficient (Wildman–Crippen LogP) is 3.89. The minimum absolute atomic E-state index is 0.0467. The molecule has 9 heteroatoms. The van der Waals surface area contributed by atoms with Crippen molar-refractivity contribution < 1.29 is 14.3 Å². The first-order chi connectivity index (χ1) is 15.2. The highest BCUT2D eigenvalue weighted by Crippen LogP contribution is 2.32. The molecule has 1 fully saturated rings. The Morgan fingerprint density at radius 3 is 2.87 bits per heavy atom. The van der Waals surface area contributed by atoms with Crippen molar-refractivity contribution in [1.82, 2.24) is 14.9 Å². The summed E-state index contributed by atoms with van der Waals surface area (Å²) in [5, 5.41) is 0.700. The van der Waals surface area contributed by atoms with Crippen molar-refractivity contribution >= 4 is 54.1 Å². The molecule has 0 spiro atoms. The van der Waals surface area contributed by atoms with Gasteiger partial charge >= 0.3 is 0 Å². The number of morpholine rings is 1. The molecule has 3 heterocycles. The highest BCUT2D eigenvalue weighted by Gasteiger charge is 2.23. The SMILES string of the molecule is COc1ccc2sc(N(CCN3CCOCC3)C(=O)c3ccc4ncsc4c3)nc2c1. The summed E-state index contributed by atoms with van der Waals surface area (Å²) in [5.41, 5.74) is 4.20. The number of ether oxygens (including phenoxy) is 2. The van der Waals surface area contributed by atoms with Gasteiger partial charge in [0.1, 0.15) is 5.75 Å². The summed E-state index contributed by atoms with van der Waals surface area (Å²) >= 11 is 3.06. The normalized spacial score (nSPS) is 14.9. The fraction of sp³-hybridized carbons (Fsp3) is 0.318. The summed E-state index contributed by atoms with van der Waals surface area (Å²) in [6, 6.07) is 11.5. The van der Waals surface area contributed by atoms with E-state index < -0.39 is 0 Å². The van der Waals surface area contributed by atoms with Gasteiger partial charge in [-0.3, -0.25) is 14.6 Å². The van der Waals surface area contributed by atoms with Crippen molar-refractivity contribution in [2.75, 3.05) is 51.4 Å². The average molecular weight is 455 g/mol. The molecule has 0 radical (unpaired) electrons. The summed E-state index contributed by atoms with van der Waals surface area (Å²) in [7, 11) is 1.64. The van der Waals surface area contributed by atoms with E-state index in [4.69, 9.17) is 14.5 Å². The molecule has 4 aromatic rings. The lowest BCUT2D eigenvalue weighted by molar-refractivity contribution is 0.0391. The molecule has 7 nitrogen and oxygen atoms in total. The lowest BCUT2D eigenvalue weighted by Gasteiger charge is -2.29. The van der Waals surface area contributed by atoms with E-state index in [1.54, 1.807) is 17.5 Å². The van der Waals surface area contributed by atoms with E-state index in [0.29, 0.717) is 17.2 Å². The maximum Gasteiger partial charge on any atom is 0.260 e. The number of carbonyl (C=O) groups excluding carboxylic acids is 1. The van der Waals surface area contributed by atoms with E-state index in [2.05, 4.69) is 9.88 Å². The summed E-state index contributed by atoms with van der Waals surface area (Å²) in [6.45, 7) is 4.57. The highest BCUT2D eigenvalue weighted by molar-refractivity contribution is 7.22. The topological polar surface area (TPSA) is 67.8 Å². The molecule has 2 aromatic carbocycles. The number of carbonyl (C=O) groups is 1. The van der Waals surface area contributed by atoms with Crippen LogP contribution in [0.4, 0.5) is 5.13 Å². The Kier molecular flexibility index (Phi) is 5.82. The van der Waals surface area contributed by atoms with Gasteiger partial charge in [-0.2, -0.15) is 0 Å². The molecule has 5 rings (SSSR count). The molecule has 0 aliphatic carbocycles. The molecule has 1 saturated heterocycles. The maximum absolute atomic E-state index is 13.6. The van der Waals surface area contributed by atoms with Gasteiger partial charge in [0.05, 0.1) is 46.3 Å². The fourth-order valence-electron chi connectivity index (χ4n) is 3.63. The first-order valence-corrected chi connectivity index (χ1v) is 11.8. The molecule has 160 valence electrons. The summed E-state index contributed by atoms with van der Waals surface area (Å²) in [6.07, 6.45) is 0. The molecule has 1 amide bonds. The molecule has 0 bridgehead atoms. The molecular formula is C22H22N4O3S2. The van der Waals surface area contributed by atoms with Crippen molar-refractivity contribution in [3.05, 3.63) is 47.5 Å². The van der Waals surface area contributed by atoms with Gasteiger partial charge in [-0.05, 0) is 30.3 Å². The van der Waals surface area contributed by atoms with E-state index in [1.807, 2.05) is 36.4 Å². The minimum atomic E-state index is -0.0467. The van der Waals surface area contributed by atoms with Gasteiger partial charge in [-0.15, -0.1) is 11.3 Å². The summed E-state index contributed by atoms with van der Waals surface area (Å²) < 4.78 is 12.8. The summed E-state index contributed by atoms with van der Waals surface area (Å²) in [5.74, 6) is 0.709. The third kappa shape index (κ3) is 4.27. The summed E-state index contributed by atoms with van der Waals surface area (Å²) in [4.78, 5) is 26.8. The van der Waals surface area contributed by atoms with E-state index in [-0.39, 0.29) is 5.91 Å². The van der Waals surface area contributed by atoms with Gasteiger partial charge in [-0.25, -0.2) is 9.97 Å². The minimum Gasteiger partial charge on any atom is -0.497 e.